The molecule has 0 aliphatic heterocycles. The number of aryl methyl sites for hydroxylation is 2. The van der Waals surface area contributed by atoms with Gasteiger partial charge >= 0.3 is 12.4 Å². The number of rotatable bonds is 12. The normalized spacial score (nSPS) is 21.7. The number of aromatic nitrogens is 14. The molecule has 0 bridgehead atoms. The Balaban J connectivity index is 0.000000186. The summed E-state index contributed by atoms with van der Waals surface area (Å²) in [5.74, 6) is 0.947. The summed E-state index contributed by atoms with van der Waals surface area (Å²) < 4.78 is 78.2. The molecule has 2 aromatic carbocycles. The number of aliphatic hydroxyl groups is 4. The average Bonchev–Trinajstić information content (AvgIpc) is 4.23. The van der Waals surface area contributed by atoms with Crippen LogP contribution in [0.15, 0.2) is 73.3 Å². The molecule has 8 aromatic rings. The van der Waals surface area contributed by atoms with E-state index in [1.165, 1.54) is 22.7 Å². The summed E-state index contributed by atoms with van der Waals surface area (Å²) in [5.41, 5.74) is -3.88. The smallest absolute Gasteiger partial charge is 0.386 e. The lowest BCUT2D eigenvalue weighted by Gasteiger charge is -2.44. The number of H-pyrrole nitrogens is 2. The van der Waals surface area contributed by atoms with E-state index in [9.17, 15) is 46.8 Å². The van der Waals surface area contributed by atoms with Crippen molar-refractivity contribution >= 4 is 45.9 Å². The minimum absolute atomic E-state index is 0.0516. The molecule has 2 saturated carbocycles. The summed E-state index contributed by atoms with van der Waals surface area (Å²) in [4.78, 5) is 25.2. The maximum absolute atomic E-state index is 13.0. The third kappa shape index (κ3) is 11.6. The first-order valence-corrected chi connectivity index (χ1v) is 25.4. The summed E-state index contributed by atoms with van der Waals surface area (Å²) >= 11 is 2.49. The van der Waals surface area contributed by atoms with Crippen LogP contribution in [0.4, 0.5) is 49.6 Å². The molecule has 0 spiro atoms. The average molecular weight is 1090 g/mol. The molecule has 400 valence electrons. The monoisotopic (exact) mass is 1090 g/mol. The van der Waals surface area contributed by atoms with Gasteiger partial charge in [0.1, 0.15) is 32.6 Å². The summed E-state index contributed by atoms with van der Waals surface area (Å²) in [7, 11) is 0. The fraction of sp³-hybridized carbons (Fsp3) is 0.417. The fourth-order valence-corrected chi connectivity index (χ4v) is 11.5. The number of nitrogens with zero attached hydrogens (tertiary/aromatic N) is 12. The molecule has 6 heterocycles. The second kappa shape index (κ2) is 20.9. The van der Waals surface area contributed by atoms with E-state index in [0.29, 0.717) is 84.4 Å². The Morgan fingerprint density at radius 2 is 0.961 bits per heavy atom. The highest BCUT2D eigenvalue weighted by atomic mass is 32.1. The lowest BCUT2D eigenvalue weighted by atomic mass is 9.70. The van der Waals surface area contributed by atoms with Crippen LogP contribution < -0.4 is 10.6 Å². The molecule has 76 heavy (non-hydrogen) atoms. The standard InChI is InChI=1S/2C24H25F3N8O2S/c2*1-13-9-15(11-16(10-13)30-21-28-8-5-18(31-21)24(25,26)27)17-12-29-20(38-17)22(2,36)23(37)6-3-14(4-7-23)19-32-34-35-33-19/h2*5,8-12,14,36-37H,3-4,6-7H2,1-2H3,(H,28,30,31)(H,32,33,34,35)/t2*14?,22-,23?/m10/s1. The Bertz CT molecular complexity index is 3050. The zero-order valence-corrected chi connectivity index (χ0v) is 42.6. The molecule has 2 atom stereocenters. The van der Waals surface area contributed by atoms with Crippen molar-refractivity contribution < 1.29 is 46.8 Å². The van der Waals surface area contributed by atoms with Gasteiger partial charge < -0.3 is 31.1 Å². The van der Waals surface area contributed by atoms with Crippen molar-refractivity contribution in [3.8, 4) is 20.9 Å². The Labute approximate surface area is 437 Å². The van der Waals surface area contributed by atoms with Crippen molar-refractivity contribution in [1.82, 2.24) is 71.2 Å². The van der Waals surface area contributed by atoms with E-state index in [2.05, 4.69) is 81.8 Å². The van der Waals surface area contributed by atoms with Crippen molar-refractivity contribution in [2.75, 3.05) is 10.6 Å². The van der Waals surface area contributed by atoms with Crippen LogP contribution in [0.1, 0.15) is 121 Å². The van der Waals surface area contributed by atoms with Crippen LogP contribution >= 0.6 is 22.7 Å². The number of tetrazole rings is 2. The van der Waals surface area contributed by atoms with Crippen LogP contribution in [0.2, 0.25) is 0 Å². The summed E-state index contributed by atoms with van der Waals surface area (Å²) in [6.07, 6.45) is -0.120. The molecule has 28 heteroatoms. The molecule has 2 aliphatic carbocycles. The van der Waals surface area contributed by atoms with Crippen LogP contribution in [-0.2, 0) is 23.6 Å². The lowest BCUT2D eigenvalue weighted by molar-refractivity contribution is -0.166. The molecular formula is C48H50F6N16O4S2. The molecule has 6 aromatic heterocycles. The van der Waals surface area contributed by atoms with E-state index in [-0.39, 0.29) is 23.7 Å². The summed E-state index contributed by atoms with van der Waals surface area (Å²) in [5, 5.41) is 80.4. The third-order valence-corrected chi connectivity index (χ3v) is 16.4. The second-order valence-electron chi connectivity index (χ2n) is 19.3. The molecule has 0 saturated heterocycles. The van der Waals surface area contributed by atoms with Gasteiger partial charge in [-0.3, -0.25) is 0 Å². The Morgan fingerprint density at radius 1 is 0.579 bits per heavy atom. The van der Waals surface area contributed by atoms with Gasteiger partial charge in [0.05, 0.1) is 21.0 Å². The van der Waals surface area contributed by atoms with Crippen molar-refractivity contribution in [1.29, 1.82) is 0 Å². The van der Waals surface area contributed by atoms with Gasteiger partial charge in [-0.05, 0) is 138 Å². The minimum Gasteiger partial charge on any atom is -0.386 e. The number of halogens is 6. The number of anilines is 4. The lowest BCUT2D eigenvalue weighted by Crippen LogP contribution is -2.51. The molecule has 0 unspecified atom stereocenters. The maximum Gasteiger partial charge on any atom is 0.433 e. The molecule has 2 fully saturated rings. The third-order valence-electron chi connectivity index (χ3n) is 13.9. The van der Waals surface area contributed by atoms with Gasteiger partial charge in [-0.2, -0.15) is 36.8 Å². The number of nitrogens with one attached hydrogen (secondary N) is 4. The van der Waals surface area contributed by atoms with E-state index >= 15 is 0 Å². The first kappa shape index (κ1) is 53.8. The highest BCUT2D eigenvalue weighted by Crippen LogP contribution is 2.50. The first-order valence-electron chi connectivity index (χ1n) is 23.8. The van der Waals surface area contributed by atoms with Gasteiger partial charge in [0.25, 0.3) is 0 Å². The molecule has 0 radical (unpaired) electrons. The highest BCUT2D eigenvalue weighted by molar-refractivity contribution is 7.15. The fourth-order valence-electron chi connectivity index (χ4n) is 9.44. The predicted molar refractivity (Wildman–Crippen MR) is 265 cm³/mol. The maximum atomic E-state index is 13.0. The Morgan fingerprint density at radius 3 is 1.30 bits per heavy atom. The zero-order chi connectivity index (χ0) is 54.3. The van der Waals surface area contributed by atoms with E-state index in [0.717, 1.165) is 56.5 Å². The Kier molecular flexibility index (Phi) is 14.8. The molecule has 10 rings (SSSR count). The molecule has 0 amide bonds. The van der Waals surface area contributed by atoms with Crippen molar-refractivity contribution in [3.63, 3.8) is 0 Å². The molecule has 8 N–H and O–H groups in total. The van der Waals surface area contributed by atoms with Crippen molar-refractivity contribution in [2.45, 2.75) is 126 Å². The largest absolute Gasteiger partial charge is 0.433 e. The molecule has 2 aliphatic rings. The zero-order valence-electron chi connectivity index (χ0n) is 41.0. The topological polar surface area (TPSA) is 291 Å². The van der Waals surface area contributed by atoms with E-state index in [1.807, 2.05) is 26.0 Å². The van der Waals surface area contributed by atoms with E-state index in [4.69, 9.17) is 0 Å². The number of hydrogen-bond acceptors (Lipinski definition) is 20. The van der Waals surface area contributed by atoms with Gasteiger partial charge in [0.15, 0.2) is 11.6 Å². The number of hydrogen-bond donors (Lipinski definition) is 8. The molecular weight excluding hydrogens is 1040 g/mol. The first-order chi connectivity index (χ1) is 35.9. The van der Waals surface area contributed by atoms with Gasteiger partial charge in [-0.15, -0.1) is 43.1 Å². The van der Waals surface area contributed by atoms with Crippen LogP contribution in [-0.4, -0.2) is 103 Å². The quantitative estimate of drug-likeness (QED) is 0.0530. The van der Waals surface area contributed by atoms with Crippen molar-refractivity contribution in [3.05, 3.63) is 117 Å². The van der Waals surface area contributed by atoms with Crippen LogP contribution in [0, 0.1) is 13.8 Å². The number of aromatic amines is 2. The minimum atomic E-state index is -4.58. The summed E-state index contributed by atoms with van der Waals surface area (Å²) in [6, 6.07) is 12.4. The van der Waals surface area contributed by atoms with Gasteiger partial charge in [0.2, 0.25) is 11.9 Å². The predicted octanol–water partition coefficient (Wildman–Crippen LogP) is 8.96. The number of thiazole rings is 2. The van der Waals surface area contributed by atoms with Gasteiger partial charge in [-0.25, -0.2) is 29.9 Å². The van der Waals surface area contributed by atoms with E-state index in [1.54, 1.807) is 50.5 Å². The number of benzene rings is 2. The Hall–Kier alpha value is -6.98. The summed E-state index contributed by atoms with van der Waals surface area (Å²) in [6.45, 7) is 6.84. The molecule has 20 nitrogen and oxygen atoms in total. The van der Waals surface area contributed by atoms with E-state index < -0.39 is 46.1 Å². The second-order valence-corrected chi connectivity index (χ2v) is 21.4. The van der Waals surface area contributed by atoms with Crippen LogP contribution in [0.3, 0.4) is 0 Å². The van der Waals surface area contributed by atoms with Crippen molar-refractivity contribution in [2.24, 2.45) is 0 Å². The SMILES string of the molecule is Cc1cc(Nc2nccc(C(F)(F)F)n2)cc(-c2cnc([C@@](C)(O)C3(O)CCC(c4nn[nH]n4)CC3)s2)c1.Cc1cc(Nc2nccc(C(F)(F)F)n2)cc(-c2cnc([C@](C)(O)C3(O)CCC(c4nn[nH]n4)CC3)s2)c1. The van der Waals surface area contributed by atoms with Gasteiger partial charge in [-0.1, -0.05) is 22.6 Å². The van der Waals surface area contributed by atoms with Crippen LogP contribution in [0.5, 0.6) is 0 Å². The van der Waals surface area contributed by atoms with Crippen LogP contribution in [0.25, 0.3) is 20.9 Å². The van der Waals surface area contributed by atoms with Gasteiger partial charge in [0, 0.05) is 48.0 Å². The highest BCUT2D eigenvalue weighted by Gasteiger charge is 2.52. The number of alkyl halides is 6.